The van der Waals surface area contributed by atoms with Crippen LogP contribution < -0.4 is 0 Å². The first kappa shape index (κ1) is 18.7. The molecule has 0 aromatic heterocycles. The average Bonchev–Trinajstić information content (AvgIpc) is 2.21. The van der Waals surface area contributed by atoms with Gasteiger partial charge in [-0.2, -0.15) is 0 Å². The molecular weight excluding hydrogens is 226 g/mol. The molecule has 0 aromatic rings. The smallest absolute Gasteiger partial charge is 0.302 e. The number of ether oxygens (including phenoxy) is 3. The van der Waals surface area contributed by atoms with Gasteiger partial charge in [0.1, 0.15) is 6.61 Å². The number of aliphatic hydroxyl groups is 1. The molecular formula is C11H25NO5. The zero-order chi connectivity index (χ0) is 13.5. The van der Waals surface area contributed by atoms with Gasteiger partial charge in [0.25, 0.3) is 0 Å². The van der Waals surface area contributed by atoms with Crippen LogP contribution in [0.15, 0.2) is 0 Å². The normalized spacial score (nSPS) is 9.76. The van der Waals surface area contributed by atoms with Crippen molar-refractivity contribution >= 4 is 5.97 Å². The highest BCUT2D eigenvalue weighted by Crippen LogP contribution is 1.81. The summed E-state index contributed by atoms with van der Waals surface area (Å²) in [5, 5.41) is 8.34. The molecule has 17 heavy (non-hydrogen) atoms. The number of esters is 1. The van der Waals surface area contributed by atoms with Crippen molar-refractivity contribution in [3.05, 3.63) is 0 Å². The van der Waals surface area contributed by atoms with Crippen molar-refractivity contribution in [2.45, 2.75) is 6.92 Å². The summed E-state index contributed by atoms with van der Waals surface area (Å²) in [6, 6.07) is 0. The predicted molar refractivity (Wildman–Crippen MR) is 65.0 cm³/mol. The molecule has 0 rings (SSSR count). The molecule has 6 heteroatoms. The number of carbonyl (C=O) groups is 1. The van der Waals surface area contributed by atoms with Gasteiger partial charge in [0, 0.05) is 6.92 Å². The summed E-state index contributed by atoms with van der Waals surface area (Å²) >= 11 is 0. The van der Waals surface area contributed by atoms with Crippen LogP contribution in [0.4, 0.5) is 0 Å². The largest absolute Gasteiger partial charge is 0.463 e. The van der Waals surface area contributed by atoms with E-state index in [2.05, 4.69) is 4.74 Å². The lowest BCUT2D eigenvalue weighted by atomic mass is 10.7. The Kier molecular flexibility index (Phi) is 16.8. The van der Waals surface area contributed by atoms with Gasteiger partial charge >= 0.3 is 5.97 Å². The number of carbonyl (C=O) groups excluding carboxylic acids is 1. The number of aliphatic hydroxyl groups excluding tert-OH is 1. The van der Waals surface area contributed by atoms with Gasteiger partial charge in [-0.15, -0.1) is 0 Å². The van der Waals surface area contributed by atoms with Crippen molar-refractivity contribution in [2.75, 3.05) is 60.8 Å². The third-order valence-electron chi connectivity index (χ3n) is 1.14. The van der Waals surface area contributed by atoms with Crippen molar-refractivity contribution in [3.8, 4) is 0 Å². The first-order chi connectivity index (χ1) is 8.00. The maximum absolute atomic E-state index is 10.3. The van der Waals surface area contributed by atoms with E-state index >= 15 is 0 Å². The molecule has 1 N–H and O–H groups in total. The molecule has 0 aliphatic rings. The van der Waals surface area contributed by atoms with E-state index in [1.807, 2.05) is 26.0 Å². The molecule has 0 saturated heterocycles. The summed E-state index contributed by atoms with van der Waals surface area (Å²) in [4.78, 5) is 12.3. The minimum absolute atomic E-state index is 0.0213. The van der Waals surface area contributed by atoms with Crippen molar-refractivity contribution in [2.24, 2.45) is 0 Å². The van der Waals surface area contributed by atoms with E-state index in [0.29, 0.717) is 26.4 Å². The lowest BCUT2D eigenvalue weighted by Crippen LogP contribution is -2.12. The Labute approximate surface area is 103 Å². The van der Waals surface area contributed by atoms with Crippen molar-refractivity contribution < 1.29 is 24.1 Å². The Morgan fingerprint density at radius 1 is 1.00 bits per heavy atom. The fourth-order valence-electron chi connectivity index (χ4n) is 0.631. The van der Waals surface area contributed by atoms with Crippen LogP contribution in [0.25, 0.3) is 0 Å². The molecule has 0 unspecified atom stereocenters. The number of hydrogen-bond acceptors (Lipinski definition) is 6. The van der Waals surface area contributed by atoms with Gasteiger partial charge in [-0.1, -0.05) is 0 Å². The molecule has 0 amide bonds. The molecule has 0 spiro atoms. The Morgan fingerprint density at radius 3 is 1.82 bits per heavy atom. The quantitative estimate of drug-likeness (QED) is 0.474. The molecule has 0 fully saturated rings. The lowest BCUT2D eigenvalue weighted by Gasteiger charge is -2.04. The van der Waals surface area contributed by atoms with E-state index in [4.69, 9.17) is 14.6 Å². The number of nitrogens with zero attached hydrogens (tertiary/aromatic N) is 1. The standard InChI is InChI=1S/C8H16O5.C3H9N/c1-8(10)13-7-6-12-5-4-11-3-2-9;1-4(2)3/h9H,2-7H2,1H3;1-3H3. The van der Waals surface area contributed by atoms with E-state index in [1.54, 1.807) is 0 Å². The Hall–Kier alpha value is -0.690. The molecule has 0 saturated carbocycles. The Balaban J connectivity index is 0. The topological polar surface area (TPSA) is 68.2 Å². The van der Waals surface area contributed by atoms with Gasteiger partial charge in [-0.25, -0.2) is 0 Å². The zero-order valence-electron chi connectivity index (χ0n) is 11.3. The summed E-state index contributed by atoms with van der Waals surface area (Å²) in [6.07, 6.45) is 0. The predicted octanol–water partition coefficient (Wildman–Crippen LogP) is -0.247. The molecule has 0 aromatic carbocycles. The van der Waals surface area contributed by atoms with E-state index in [-0.39, 0.29) is 19.2 Å². The molecule has 0 radical (unpaired) electrons. The summed E-state index contributed by atoms with van der Waals surface area (Å²) in [6.45, 7) is 3.24. The maximum Gasteiger partial charge on any atom is 0.302 e. The van der Waals surface area contributed by atoms with Crippen LogP contribution >= 0.6 is 0 Å². The molecule has 104 valence electrons. The van der Waals surface area contributed by atoms with Gasteiger partial charge in [0.2, 0.25) is 0 Å². The van der Waals surface area contributed by atoms with E-state index in [0.717, 1.165) is 0 Å². The van der Waals surface area contributed by atoms with Gasteiger partial charge in [0.05, 0.1) is 33.0 Å². The van der Waals surface area contributed by atoms with E-state index in [1.165, 1.54) is 6.92 Å². The Bertz CT molecular complexity index is 161. The SMILES string of the molecule is CC(=O)OCCOCCOCCO.CN(C)C. The van der Waals surface area contributed by atoms with E-state index < -0.39 is 0 Å². The Morgan fingerprint density at radius 2 is 1.41 bits per heavy atom. The first-order valence-electron chi connectivity index (χ1n) is 5.51. The zero-order valence-corrected chi connectivity index (χ0v) is 11.3. The van der Waals surface area contributed by atoms with E-state index in [9.17, 15) is 4.79 Å². The molecule has 0 aliphatic carbocycles. The van der Waals surface area contributed by atoms with Crippen LogP contribution in [0.5, 0.6) is 0 Å². The second-order valence-corrected chi connectivity index (χ2v) is 3.63. The molecule has 0 aliphatic heterocycles. The lowest BCUT2D eigenvalue weighted by molar-refractivity contribution is -0.142. The highest BCUT2D eigenvalue weighted by molar-refractivity contribution is 5.65. The van der Waals surface area contributed by atoms with Crippen molar-refractivity contribution in [1.82, 2.24) is 4.90 Å². The third-order valence-corrected chi connectivity index (χ3v) is 1.14. The van der Waals surface area contributed by atoms with Crippen molar-refractivity contribution in [1.29, 1.82) is 0 Å². The van der Waals surface area contributed by atoms with Crippen LogP contribution in [0.1, 0.15) is 6.92 Å². The molecule has 0 atom stereocenters. The van der Waals surface area contributed by atoms with Gasteiger partial charge in [-0.05, 0) is 21.1 Å². The first-order valence-corrected chi connectivity index (χ1v) is 5.51. The van der Waals surface area contributed by atoms with Crippen LogP contribution in [-0.2, 0) is 19.0 Å². The highest BCUT2D eigenvalue weighted by atomic mass is 16.6. The summed E-state index contributed by atoms with van der Waals surface area (Å²) in [5.41, 5.74) is 0. The second kappa shape index (κ2) is 15.3. The fraction of sp³-hybridized carbons (Fsp3) is 0.909. The molecule has 6 nitrogen and oxygen atoms in total. The average molecular weight is 251 g/mol. The van der Waals surface area contributed by atoms with Crippen LogP contribution in [0, 0.1) is 0 Å². The summed E-state index contributed by atoms with van der Waals surface area (Å²) in [7, 11) is 6.00. The van der Waals surface area contributed by atoms with Gasteiger partial charge in [-0.3, -0.25) is 4.79 Å². The molecule has 0 heterocycles. The number of rotatable bonds is 8. The van der Waals surface area contributed by atoms with Crippen LogP contribution in [0.3, 0.4) is 0 Å². The maximum atomic E-state index is 10.3. The molecule has 0 bridgehead atoms. The van der Waals surface area contributed by atoms with Crippen LogP contribution in [-0.4, -0.2) is 76.8 Å². The van der Waals surface area contributed by atoms with Crippen molar-refractivity contribution in [3.63, 3.8) is 0 Å². The highest BCUT2D eigenvalue weighted by Gasteiger charge is 1.92. The monoisotopic (exact) mass is 251 g/mol. The minimum Gasteiger partial charge on any atom is -0.463 e. The summed E-state index contributed by atoms with van der Waals surface area (Å²) in [5.74, 6) is -0.305. The van der Waals surface area contributed by atoms with Gasteiger partial charge in [0.15, 0.2) is 0 Å². The minimum atomic E-state index is -0.305. The fourth-order valence-corrected chi connectivity index (χ4v) is 0.631. The number of hydrogen-bond donors (Lipinski definition) is 1. The summed E-state index contributed by atoms with van der Waals surface area (Å²) < 4.78 is 14.6. The van der Waals surface area contributed by atoms with Crippen LogP contribution in [0.2, 0.25) is 0 Å². The third kappa shape index (κ3) is 31.3. The van der Waals surface area contributed by atoms with Gasteiger partial charge < -0.3 is 24.2 Å². The second-order valence-electron chi connectivity index (χ2n) is 3.63.